The number of primary amides is 1. The summed E-state index contributed by atoms with van der Waals surface area (Å²) in [5, 5.41) is 3.23. The van der Waals surface area contributed by atoms with Crippen molar-refractivity contribution >= 4 is 17.5 Å². The van der Waals surface area contributed by atoms with Gasteiger partial charge in [-0.3, -0.25) is 4.79 Å². The summed E-state index contributed by atoms with van der Waals surface area (Å²) in [4.78, 5) is 22.0. The first-order valence-corrected chi connectivity index (χ1v) is 7.34. The van der Waals surface area contributed by atoms with E-state index in [1.54, 1.807) is 7.11 Å². The van der Waals surface area contributed by atoms with Crippen LogP contribution in [-0.4, -0.2) is 42.6 Å². The lowest BCUT2D eigenvalue weighted by Gasteiger charge is -2.33. The molecule has 116 valence electrons. The SMILES string of the molecule is CCCNc1ncnc(N2CCCC(C(N)=O)C2)c1OC. The van der Waals surface area contributed by atoms with Crippen LogP contribution in [0.3, 0.4) is 0 Å². The number of piperidine rings is 1. The van der Waals surface area contributed by atoms with Gasteiger partial charge in [-0.05, 0) is 19.3 Å². The second kappa shape index (κ2) is 7.10. The first-order valence-electron chi connectivity index (χ1n) is 7.34. The lowest BCUT2D eigenvalue weighted by molar-refractivity contribution is -0.122. The van der Waals surface area contributed by atoms with Crippen LogP contribution in [0.1, 0.15) is 26.2 Å². The highest BCUT2D eigenvalue weighted by molar-refractivity contribution is 5.78. The quantitative estimate of drug-likeness (QED) is 0.813. The Hall–Kier alpha value is -2.05. The average Bonchev–Trinajstić information content (AvgIpc) is 2.52. The fourth-order valence-electron chi connectivity index (χ4n) is 2.55. The number of rotatable bonds is 6. The van der Waals surface area contributed by atoms with Gasteiger partial charge < -0.3 is 20.7 Å². The van der Waals surface area contributed by atoms with Gasteiger partial charge in [-0.2, -0.15) is 0 Å². The third-order valence-corrected chi connectivity index (χ3v) is 3.65. The summed E-state index contributed by atoms with van der Waals surface area (Å²) in [7, 11) is 1.61. The Bertz CT molecular complexity index is 494. The lowest BCUT2D eigenvalue weighted by atomic mass is 9.97. The van der Waals surface area contributed by atoms with Crippen LogP contribution in [0.4, 0.5) is 11.6 Å². The van der Waals surface area contributed by atoms with Crippen LogP contribution in [0.5, 0.6) is 5.75 Å². The maximum atomic E-state index is 11.4. The van der Waals surface area contributed by atoms with Gasteiger partial charge in [0.25, 0.3) is 0 Å². The Morgan fingerprint density at radius 1 is 1.57 bits per heavy atom. The maximum Gasteiger partial charge on any atom is 0.222 e. The minimum atomic E-state index is -0.253. The fraction of sp³-hybridized carbons (Fsp3) is 0.643. The molecule has 1 amide bonds. The van der Waals surface area contributed by atoms with E-state index in [9.17, 15) is 4.79 Å². The molecule has 0 aromatic carbocycles. The fourth-order valence-corrected chi connectivity index (χ4v) is 2.55. The van der Waals surface area contributed by atoms with Crippen LogP contribution in [0.25, 0.3) is 0 Å². The normalized spacial score (nSPS) is 18.4. The molecule has 1 unspecified atom stereocenters. The van der Waals surface area contributed by atoms with Gasteiger partial charge in [0.1, 0.15) is 6.33 Å². The van der Waals surface area contributed by atoms with Crippen molar-refractivity contribution in [1.82, 2.24) is 9.97 Å². The number of methoxy groups -OCH3 is 1. The molecular formula is C14H23N5O2. The van der Waals surface area contributed by atoms with E-state index in [1.807, 2.05) is 0 Å². The minimum absolute atomic E-state index is 0.134. The monoisotopic (exact) mass is 293 g/mol. The van der Waals surface area contributed by atoms with Crippen molar-refractivity contribution in [2.24, 2.45) is 11.7 Å². The van der Waals surface area contributed by atoms with Crippen LogP contribution in [0, 0.1) is 5.92 Å². The Labute approximate surface area is 124 Å². The molecule has 1 aromatic rings. The molecule has 3 N–H and O–H groups in total. The Kier molecular flexibility index (Phi) is 5.19. The topological polar surface area (TPSA) is 93.4 Å². The van der Waals surface area contributed by atoms with E-state index < -0.39 is 0 Å². The molecule has 1 aliphatic heterocycles. The number of carbonyl (C=O) groups excluding carboxylic acids is 1. The summed E-state index contributed by atoms with van der Waals surface area (Å²) in [6.45, 7) is 4.32. The number of hydrogen-bond donors (Lipinski definition) is 2. The van der Waals surface area contributed by atoms with Crippen molar-refractivity contribution in [3.05, 3.63) is 6.33 Å². The Balaban J connectivity index is 2.23. The van der Waals surface area contributed by atoms with Crippen LogP contribution in [-0.2, 0) is 4.79 Å². The van der Waals surface area contributed by atoms with Gasteiger partial charge in [-0.15, -0.1) is 0 Å². The third-order valence-electron chi connectivity index (χ3n) is 3.65. The van der Waals surface area contributed by atoms with Crippen LogP contribution < -0.4 is 20.7 Å². The van der Waals surface area contributed by atoms with Crippen LogP contribution >= 0.6 is 0 Å². The highest BCUT2D eigenvalue weighted by Crippen LogP contribution is 2.34. The van der Waals surface area contributed by atoms with E-state index in [2.05, 4.69) is 27.1 Å². The van der Waals surface area contributed by atoms with Gasteiger partial charge in [0.2, 0.25) is 11.7 Å². The zero-order chi connectivity index (χ0) is 15.2. The number of anilines is 2. The smallest absolute Gasteiger partial charge is 0.222 e. The number of amides is 1. The lowest BCUT2D eigenvalue weighted by Crippen LogP contribution is -2.41. The van der Waals surface area contributed by atoms with E-state index in [1.165, 1.54) is 6.33 Å². The first-order chi connectivity index (χ1) is 10.2. The second-order valence-electron chi connectivity index (χ2n) is 5.19. The molecule has 0 saturated carbocycles. The molecule has 1 aromatic heterocycles. The van der Waals surface area contributed by atoms with Crippen molar-refractivity contribution in [3.63, 3.8) is 0 Å². The summed E-state index contributed by atoms with van der Waals surface area (Å²) in [5.74, 6) is 1.64. The van der Waals surface area contributed by atoms with Gasteiger partial charge in [0.15, 0.2) is 11.6 Å². The molecule has 1 saturated heterocycles. The number of carbonyl (C=O) groups is 1. The third kappa shape index (κ3) is 3.53. The minimum Gasteiger partial charge on any atom is -0.490 e. The Morgan fingerprint density at radius 3 is 3.05 bits per heavy atom. The molecule has 7 nitrogen and oxygen atoms in total. The average molecular weight is 293 g/mol. The zero-order valence-corrected chi connectivity index (χ0v) is 12.6. The molecule has 21 heavy (non-hydrogen) atoms. The summed E-state index contributed by atoms with van der Waals surface area (Å²) >= 11 is 0. The molecular weight excluding hydrogens is 270 g/mol. The van der Waals surface area contributed by atoms with Crippen LogP contribution in [0.15, 0.2) is 6.33 Å². The molecule has 1 atom stereocenters. The maximum absolute atomic E-state index is 11.4. The van der Waals surface area contributed by atoms with Crippen molar-refractivity contribution in [1.29, 1.82) is 0 Å². The van der Waals surface area contributed by atoms with Crippen molar-refractivity contribution in [2.75, 3.05) is 37.0 Å². The number of nitrogens with zero attached hydrogens (tertiary/aromatic N) is 3. The molecule has 2 heterocycles. The largest absolute Gasteiger partial charge is 0.490 e. The summed E-state index contributed by atoms with van der Waals surface area (Å²) < 4.78 is 5.48. The van der Waals surface area contributed by atoms with E-state index >= 15 is 0 Å². The van der Waals surface area contributed by atoms with Crippen molar-refractivity contribution < 1.29 is 9.53 Å². The first kappa shape index (κ1) is 15.3. The standard InChI is InChI=1S/C14H23N5O2/c1-3-6-16-13-11(21-2)14(18-9-17-13)19-7-4-5-10(8-19)12(15)20/h9-10H,3-8H2,1-2H3,(H2,15,20)(H,16,17,18). The second-order valence-corrected chi connectivity index (χ2v) is 5.19. The number of ether oxygens (including phenoxy) is 1. The molecule has 0 radical (unpaired) electrons. The van der Waals surface area contributed by atoms with E-state index in [0.717, 1.165) is 38.2 Å². The molecule has 0 bridgehead atoms. The van der Waals surface area contributed by atoms with E-state index in [0.29, 0.717) is 18.1 Å². The van der Waals surface area contributed by atoms with Crippen molar-refractivity contribution in [2.45, 2.75) is 26.2 Å². The number of hydrogen-bond acceptors (Lipinski definition) is 6. The molecule has 0 spiro atoms. The molecule has 2 rings (SSSR count). The van der Waals surface area contributed by atoms with Gasteiger partial charge in [-0.1, -0.05) is 6.92 Å². The highest BCUT2D eigenvalue weighted by Gasteiger charge is 2.27. The van der Waals surface area contributed by atoms with Gasteiger partial charge in [0.05, 0.1) is 13.0 Å². The predicted octanol–water partition coefficient (Wildman–Crippen LogP) is 1.01. The summed E-state index contributed by atoms with van der Waals surface area (Å²) in [6.07, 6.45) is 4.26. The predicted molar refractivity (Wildman–Crippen MR) is 81.5 cm³/mol. The molecule has 0 aliphatic carbocycles. The number of nitrogens with two attached hydrogens (primary N) is 1. The highest BCUT2D eigenvalue weighted by atomic mass is 16.5. The Morgan fingerprint density at radius 2 is 2.38 bits per heavy atom. The molecule has 1 aliphatic rings. The number of nitrogens with one attached hydrogen (secondary N) is 1. The van der Waals surface area contributed by atoms with Crippen molar-refractivity contribution in [3.8, 4) is 5.75 Å². The summed E-state index contributed by atoms with van der Waals surface area (Å²) in [6, 6.07) is 0. The van der Waals surface area contributed by atoms with E-state index in [4.69, 9.17) is 10.5 Å². The molecule has 7 heteroatoms. The van der Waals surface area contributed by atoms with Gasteiger partial charge >= 0.3 is 0 Å². The van der Waals surface area contributed by atoms with Crippen LogP contribution in [0.2, 0.25) is 0 Å². The zero-order valence-electron chi connectivity index (χ0n) is 12.6. The van der Waals surface area contributed by atoms with Gasteiger partial charge in [0, 0.05) is 19.6 Å². The number of aromatic nitrogens is 2. The summed E-state index contributed by atoms with van der Waals surface area (Å²) in [5.41, 5.74) is 5.43. The molecule has 1 fully saturated rings. The van der Waals surface area contributed by atoms with Gasteiger partial charge in [-0.25, -0.2) is 9.97 Å². The van der Waals surface area contributed by atoms with E-state index in [-0.39, 0.29) is 11.8 Å².